The standard InChI is InChI=1S/C8H5BrF3NO/c9-2-5-4(3-14)1-6(7(10)11)13-8(5)12/h1,3,7H,2H2. The first kappa shape index (κ1) is 11.2. The largest absolute Gasteiger partial charge is 0.298 e. The van der Waals surface area contributed by atoms with Crippen LogP contribution in [-0.2, 0) is 5.33 Å². The molecule has 0 unspecified atom stereocenters. The summed E-state index contributed by atoms with van der Waals surface area (Å²) in [5, 5.41) is 0.0590. The van der Waals surface area contributed by atoms with E-state index in [1.54, 1.807) is 0 Å². The van der Waals surface area contributed by atoms with Crippen molar-refractivity contribution in [2.24, 2.45) is 0 Å². The third kappa shape index (κ3) is 2.12. The molecule has 0 aromatic carbocycles. The van der Waals surface area contributed by atoms with Gasteiger partial charge in [-0.3, -0.25) is 4.79 Å². The zero-order chi connectivity index (χ0) is 10.7. The molecule has 0 radical (unpaired) electrons. The number of aldehydes is 1. The Morgan fingerprint density at radius 1 is 1.57 bits per heavy atom. The van der Waals surface area contributed by atoms with Gasteiger partial charge in [-0.15, -0.1) is 0 Å². The van der Waals surface area contributed by atoms with Crippen LogP contribution in [0.25, 0.3) is 0 Å². The topological polar surface area (TPSA) is 30.0 Å². The van der Waals surface area contributed by atoms with Crippen LogP contribution in [0.15, 0.2) is 6.07 Å². The normalized spacial score (nSPS) is 10.6. The summed E-state index contributed by atoms with van der Waals surface area (Å²) in [5.41, 5.74) is -0.844. The molecule has 1 aromatic heterocycles. The van der Waals surface area contributed by atoms with E-state index in [0.717, 1.165) is 6.07 Å². The lowest BCUT2D eigenvalue weighted by Gasteiger charge is -2.05. The molecule has 0 spiro atoms. The Balaban J connectivity index is 3.31. The first-order valence-corrected chi connectivity index (χ1v) is 4.71. The van der Waals surface area contributed by atoms with E-state index in [-0.39, 0.29) is 16.5 Å². The molecular formula is C8H5BrF3NO. The Bertz CT molecular complexity index is 357. The number of alkyl halides is 3. The van der Waals surface area contributed by atoms with Gasteiger partial charge < -0.3 is 0 Å². The molecule has 1 aromatic rings. The second kappa shape index (κ2) is 4.54. The average Bonchev–Trinajstić information content (AvgIpc) is 2.16. The number of pyridine rings is 1. The highest BCUT2D eigenvalue weighted by molar-refractivity contribution is 9.08. The van der Waals surface area contributed by atoms with E-state index >= 15 is 0 Å². The number of hydrogen-bond acceptors (Lipinski definition) is 2. The minimum atomic E-state index is -2.88. The van der Waals surface area contributed by atoms with Gasteiger partial charge >= 0.3 is 0 Å². The number of hydrogen-bond donors (Lipinski definition) is 0. The zero-order valence-corrected chi connectivity index (χ0v) is 8.39. The molecule has 0 aliphatic carbocycles. The van der Waals surface area contributed by atoms with Crippen molar-refractivity contribution >= 4 is 22.2 Å². The molecule has 2 nitrogen and oxygen atoms in total. The smallest absolute Gasteiger partial charge is 0.280 e. The van der Waals surface area contributed by atoms with Gasteiger partial charge in [0, 0.05) is 16.5 Å². The maximum absolute atomic E-state index is 13.0. The minimum absolute atomic E-state index is 0.00981. The van der Waals surface area contributed by atoms with Crippen LogP contribution in [-0.4, -0.2) is 11.3 Å². The molecule has 0 saturated carbocycles. The highest BCUT2D eigenvalue weighted by Crippen LogP contribution is 2.21. The van der Waals surface area contributed by atoms with Gasteiger partial charge in [-0.2, -0.15) is 4.39 Å². The third-order valence-corrected chi connectivity index (χ3v) is 2.17. The number of aromatic nitrogens is 1. The summed E-state index contributed by atoms with van der Waals surface area (Å²) in [6.45, 7) is 0. The molecule has 0 amide bonds. The molecule has 1 heterocycles. The van der Waals surface area contributed by atoms with Crippen LogP contribution in [0.1, 0.15) is 28.0 Å². The van der Waals surface area contributed by atoms with Gasteiger partial charge in [-0.25, -0.2) is 13.8 Å². The van der Waals surface area contributed by atoms with Gasteiger partial charge in [0.05, 0.1) is 0 Å². The van der Waals surface area contributed by atoms with Crippen molar-refractivity contribution in [2.45, 2.75) is 11.8 Å². The van der Waals surface area contributed by atoms with Crippen LogP contribution < -0.4 is 0 Å². The van der Waals surface area contributed by atoms with Crippen LogP contribution >= 0.6 is 15.9 Å². The quantitative estimate of drug-likeness (QED) is 0.479. The maximum Gasteiger partial charge on any atom is 0.280 e. The predicted octanol–water partition coefficient (Wildman–Crippen LogP) is 2.87. The van der Waals surface area contributed by atoms with Gasteiger partial charge in [-0.1, -0.05) is 15.9 Å². The van der Waals surface area contributed by atoms with E-state index in [1.807, 2.05) is 0 Å². The lowest BCUT2D eigenvalue weighted by Crippen LogP contribution is -2.02. The van der Waals surface area contributed by atoms with Crippen LogP contribution in [0.5, 0.6) is 0 Å². The molecule has 6 heteroatoms. The third-order valence-electron chi connectivity index (χ3n) is 1.61. The molecular weight excluding hydrogens is 263 g/mol. The van der Waals surface area contributed by atoms with Gasteiger partial charge in [-0.05, 0) is 6.07 Å². The Hall–Kier alpha value is -0.910. The number of carbonyl (C=O) groups excluding carboxylic acids is 1. The van der Waals surface area contributed by atoms with Crippen LogP contribution in [0.3, 0.4) is 0 Å². The van der Waals surface area contributed by atoms with Crippen LogP contribution in [0, 0.1) is 5.95 Å². The molecule has 0 N–H and O–H groups in total. The number of rotatable bonds is 3. The van der Waals surface area contributed by atoms with Crippen molar-refractivity contribution in [3.63, 3.8) is 0 Å². The average molecular weight is 268 g/mol. The fourth-order valence-electron chi connectivity index (χ4n) is 0.928. The van der Waals surface area contributed by atoms with Crippen molar-refractivity contribution in [3.05, 3.63) is 28.8 Å². The number of halogens is 4. The summed E-state index contributed by atoms with van der Waals surface area (Å²) in [7, 11) is 0. The lowest BCUT2D eigenvalue weighted by molar-refractivity contribution is 0.112. The predicted molar refractivity (Wildman–Crippen MR) is 47.2 cm³/mol. The SMILES string of the molecule is O=Cc1cc(C(F)F)nc(F)c1CBr. The Labute approximate surface area is 86.3 Å². The molecule has 76 valence electrons. The molecule has 0 fully saturated rings. The Kier molecular flexibility index (Phi) is 3.62. The minimum Gasteiger partial charge on any atom is -0.298 e. The van der Waals surface area contributed by atoms with Crippen molar-refractivity contribution in [1.29, 1.82) is 0 Å². The molecule has 0 aliphatic heterocycles. The van der Waals surface area contributed by atoms with Crippen molar-refractivity contribution in [1.82, 2.24) is 4.98 Å². The van der Waals surface area contributed by atoms with Crippen molar-refractivity contribution < 1.29 is 18.0 Å². The van der Waals surface area contributed by atoms with Gasteiger partial charge in [0.25, 0.3) is 6.43 Å². The fraction of sp³-hybridized carbons (Fsp3) is 0.250. The summed E-state index contributed by atoms with van der Waals surface area (Å²) in [6.07, 6.45) is -2.56. The van der Waals surface area contributed by atoms with E-state index in [4.69, 9.17) is 0 Å². The highest BCUT2D eigenvalue weighted by Gasteiger charge is 2.16. The van der Waals surface area contributed by atoms with E-state index in [0.29, 0.717) is 6.29 Å². The van der Waals surface area contributed by atoms with Gasteiger partial charge in [0.1, 0.15) is 5.69 Å². The second-order valence-electron chi connectivity index (χ2n) is 2.46. The van der Waals surface area contributed by atoms with Crippen molar-refractivity contribution in [2.75, 3.05) is 0 Å². The number of carbonyl (C=O) groups is 1. The number of nitrogens with zero attached hydrogens (tertiary/aromatic N) is 1. The zero-order valence-electron chi connectivity index (χ0n) is 6.81. The summed E-state index contributed by atoms with van der Waals surface area (Å²) in [6, 6.07) is 0.886. The molecule has 14 heavy (non-hydrogen) atoms. The Morgan fingerprint density at radius 3 is 2.64 bits per heavy atom. The maximum atomic E-state index is 13.0. The fourth-order valence-corrected chi connectivity index (χ4v) is 1.48. The van der Waals surface area contributed by atoms with E-state index in [2.05, 4.69) is 20.9 Å². The second-order valence-corrected chi connectivity index (χ2v) is 3.02. The molecule has 0 atom stereocenters. The van der Waals surface area contributed by atoms with Gasteiger partial charge in [0.15, 0.2) is 6.29 Å². The summed E-state index contributed by atoms with van der Waals surface area (Å²) < 4.78 is 37.3. The summed E-state index contributed by atoms with van der Waals surface area (Å²) in [5.74, 6) is -1.04. The van der Waals surface area contributed by atoms with Crippen LogP contribution in [0.4, 0.5) is 13.2 Å². The highest BCUT2D eigenvalue weighted by atomic mass is 79.9. The first-order chi connectivity index (χ1) is 6.60. The molecule has 0 saturated heterocycles. The van der Waals surface area contributed by atoms with E-state index in [9.17, 15) is 18.0 Å². The van der Waals surface area contributed by atoms with E-state index < -0.39 is 18.1 Å². The summed E-state index contributed by atoms with van der Waals surface area (Å²) >= 11 is 2.94. The molecule has 0 bridgehead atoms. The van der Waals surface area contributed by atoms with Crippen LogP contribution in [0.2, 0.25) is 0 Å². The van der Waals surface area contributed by atoms with Gasteiger partial charge in [0.2, 0.25) is 5.95 Å². The summed E-state index contributed by atoms with van der Waals surface area (Å²) in [4.78, 5) is 13.5. The molecule has 0 aliphatic rings. The lowest BCUT2D eigenvalue weighted by atomic mass is 10.1. The van der Waals surface area contributed by atoms with E-state index in [1.165, 1.54) is 0 Å². The van der Waals surface area contributed by atoms with Crippen molar-refractivity contribution in [3.8, 4) is 0 Å². The first-order valence-electron chi connectivity index (χ1n) is 3.58. The monoisotopic (exact) mass is 267 g/mol. The Morgan fingerprint density at radius 2 is 2.21 bits per heavy atom. The molecule has 1 rings (SSSR count).